The van der Waals surface area contributed by atoms with Gasteiger partial charge in [0.25, 0.3) is 5.56 Å². The summed E-state index contributed by atoms with van der Waals surface area (Å²) in [4.78, 5) is 39.6. The largest absolute Gasteiger partial charge is 0.497 e. The third-order valence-electron chi connectivity index (χ3n) is 5.83. The number of para-hydroxylation sites is 1. The molecule has 34 heavy (non-hydrogen) atoms. The molecule has 170 valence electrons. The van der Waals surface area contributed by atoms with E-state index in [1.807, 2.05) is 31.2 Å². The molecule has 3 aromatic carbocycles. The Hall–Kier alpha value is -4.46. The van der Waals surface area contributed by atoms with Crippen LogP contribution in [-0.2, 0) is 13.1 Å². The molecule has 0 aliphatic carbocycles. The maximum Gasteiger partial charge on any atom is 0.352 e. The number of rotatable bonds is 6. The molecule has 8 heteroatoms. The topological polar surface area (TPSA) is 87.6 Å². The van der Waals surface area contributed by atoms with Gasteiger partial charge in [-0.1, -0.05) is 54.1 Å². The average Bonchev–Trinajstić information content (AvgIpc) is 3.18. The van der Waals surface area contributed by atoms with Gasteiger partial charge in [0.15, 0.2) is 5.78 Å². The highest BCUT2D eigenvalue weighted by atomic mass is 16.5. The van der Waals surface area contributed by atoms with Crippen molar-refractivity contribution in [1.82, 2.24) is 18.7 Å². The lowest BCUT2D eigenvalue weighted by Crippen LogP contribution is -2.27. The number of aryl methyl sites for hydroxylation is 1. The van der Waals surface area contributed by atoms with E-state index >= 15 is 0 Å². The van der Waals surface area contributed by atoms with Crippen LogP contribution in [0.25, 0.3) is 16.7 Å². The van der Waals surface area contributed by atoms with Crippen molar-refractivity contribution < 1.29 is 9.53 Å². The lowest BCUT2D eigenvalue weighted by atomic mass is 10.1. The second kappa shape index (κ2) is 8.47. The van der Waals surface area contributed by atoms with Crippen LogP contribution in [0.3, 0.4) is 0 Å². The molecular formula is C26H22N4O4. The van der Waals surface area contributed by atoms with E-state index in [1.165, 1.54) is 16.1 Å². The van der Waals surface area contributed by atoms with Crippen LogP contribution in [0.15, 0.2) is 82.4 Å². The minimum atomic E-state index is -0.486. The first-order valence-electron chi connectivity index (χ1n) is 10.8. The Morgan fingerprint density at radius 3 is 2.50 bits per heavy atom. The van der Waals surface area contributed by atoms with E-state index < -0.39 is 5.69 Å². The normalized spacial score (nSPS) is 11.2. The van der Waals surface area contributed by atoms with Crippen molar-refractivity contribution in [3.63, 3.8) is 0 Å². The van der Waals surface area contributed by atoms with Gasteiger partial charge in [-0.3, -0.25) is 14.2 Å². The van der Waals surface area contributed by atoms with E-state index in [1.54, 1.807) is 48.5 Å². The Labute approximate surface area is 194 Å². The van der Waals surface area contributed by atoms with Crippen LogP contribution in [0, 0.1) is 6.92 Å². The molecule has 0 unspecified atom stereocenters. The number of benzene rings is 3. The first-order valence-corrected chi connectivity index (χ1v) is 10.8. The molecule has 8 nitrogen and oxygen atoms in total. The van der Waals surface area contributed by atoms with Gasteiger partial charge in [-0.15, -0.1) is 5.10 Å². The molecule has 0 atom stereocenters. The number of carbonyl (C=O) groups is 1. The lowest BCUT2D eigenvalue weighted by molar-refractivity contribution is 0.0966. The van der Waals surface area contributed by atoms with E-state index in [-0.39, 0.29) is 30.2 Å². The van der Waals surface area contributed by atoms with Crippen LogP contribution < -0.4 is 16.0 Å². The van der Waals surface area contributed by atoms with E-state index in [9.17, 15) is 14.4 Å². The molecular weight excluding hydrogens is 432 g/mol. The average molecular weight is 454 g/mol. The van der Waals surface area contributed by atoms with Gasteiger partial charge < -0.3 is 4.74 Å². The van der Waals surface area contributed by atoms with Crippen molar-refractivity contribution >= 4 is 22.5 Å². The molecule has 0 amide bonds. The number of nitrogens with zero attached hydrogens (tertiary/aromatic N) is 4. The number of Topliss-reactive ketones (excluding diaryl/α,β-unsaturated/α-hetero) is 1. The molecule has 0 aliphatic heterocycles. The fourth-order valence-corrected chi connectivity index (χ4v) is 4.01. The van der Waals surface area contributed by atoms with Crippen LogP contribution >= 0.6 is 0 Å². The maximum absolute atomic E-state index is 13.4. The van der Waals surface area contributed by atoms with Crippen LogP contribution in [-0.4, -0.2) is 31.6 Å². The van der Waals surface area contributed by atoms with Crippen LogP contribution in [0.5, 0.6) is 5.75 Å². The van der Waals surface area contributed by atoms with E-state index in [0.717, 1.165) is 15.8 Å². The number of methoxy groups -OCH3 is 1. The highest BCUT2D eigenvalue weighted by molar-refractivity contribution is 5.96. The smallest absolute Gasteiger partial charge is 0.352 e. The monoisotopic (exact) mass is 454 g/mol. The molecule has 0 N–H and O–H groups in total. The minimum Gasteiger partial charge on any atom is -0.497 e. The molecule has 0 saturated heterocycles. The van der Waals surface area contributed by atoms with Crippen LogP contribution in [0.4, 0.5) is 0 Å². The first-order chi connectivity index (χ1) is 16.5. The standard InChI is InChI=1S/C26H22N4O4/c1-17-10-12-18(13-11-17)15-28-24(32)21-8-3-4-9-22(21)30-25(28)27-29(26(30)33)16-23(31)19-6-5-7-20(14-19)34-2/h3-14H,15-16H2,1-2H3. The van der Waals surface area contributed by atoms with Crippen LogP contribution in [0.2, 0.25) is 0 Å². The van der Waals surface area contributed by atoms with E-state index in [0.29, 0.717) is 22.2 Å². The summed E-state index contributed by atoms with van der Waals surface area (Å²) >= 11 is 0. The van der Waals surface area contributed by atoms with Gasteiger partial charge in [0.1, 0.15) is 12.3 Å². The summed E-state index contributed by atoms with van der Waals surface area (Å²) in [6.07, 6.45) is 0. The fourth-order valence-electron chi connectivity index (χ4n) is 4.01. The Balaban J connectivity index is 1.66. The Kier molecular flexibility index (Phi) is 5.33. The molecule has 0 aliphatic rings. The van der Waals surface area contributed by atoms with Crippen molar-refractivity contribution in [1.29, 1.82) is 0 Å². The summed E-state index contributed by atoms with van der Waals surface area (Å²) in [7, 11) is 1.52. The number of carbonyl (C=O) groups excluding carboxylic acids is 1. The van der Waals surface area contributed by atoms with Gasteiger partial charge in [-0.25, -0.2) is 13.9 Å². The Morgan fingerprint density at radius 2 is 1.74 bits per heavy atom. The molecule has 0 fully saturated rings. The molecule has 0 bridgehead atoms. The van der Waals surface area contributed by atoms with Gasteiger partial charge in [-0.2, -0.15) is 0 Å². The molecule has 0 spiro atoms. The van der Waals surface area contributed by atoms with E-state index in [2.05, 4.69) is 5.10 Å². The molecule has 0 saturated carbocycles. The summed E-state index contributed by atoms with van der Waals surface area (Å²) < 4.78 is 9.16. The van der Waals surface area contributed by atoms with Crippen molar-refractivity contribution in [2.75, 3.05) is 7.11 Å². The second-order valence-electron chi connectivity index (χ2n) is 8.12. The zero-order chi connectivity index (χ0) is 23.8. The molecule has 2 aromatic heterocycles. The third-order valence-corrected chi connectivity index (χ3v) is 5.83. The number of hydrogen-bond acceptors (Lipinski definition) is 5. The van der Waals surface area contributed by atoms with E-state index in [4.69, 9.17) is 4.74 Å². The van der Waals surface area contributed by atoms with Crippen molar-refractivity contribution in [2.45, 2.75) is 20.0 Å². The molecule has 2 heterocycles. The first kappa shape index (κ1) is 21.4. The number of hydrogen-bond donors (Lipinski definition) is 0. The number of aromatic nitrogens is 4. The van der Waals surface area contributed by atoms with Gasteiger partial charge >= 0.3 is 5.69 Å². The minimum absolute atomic E-state index is 0.188. The highest BCUT2D eigenvalue weighted by Crippen LogP contribution is 2.15. The predicted molar refractivity (Wildman–Crippen MR) is 129 cm³/mol. The summed E-state index contributed by atoms with van der Waals surface area (Å²) in [5.41, 5.74) is 2.13. The number of ether oxygens (including phenoxy) is 1. The van der Waals surface area contributed by atoms with Crippen molar-refractivity contribution in [3.8, 4) is 5.75 Å². The lowest BCUT2D eigenvalue weighted by Gasteiger charge is -2.10. The second-order valence-corrected chi connectivity index (χ2v) is 8.12. The molecule has 5 rings (SSSR count). The SMILES string of the molecule is COc1cccc(C(=O)Cn2nc3n(Cc4ccc(C)cc4)c(=O)c4ccccc4n3c2=O)c1. The summed E-state index contributed by atoms with van der Waals surface area (Å²) in [5, 5.41) is 4.83. The summed E-state index contributed by atoms with van der Waals surface area (Å²) in [6, 6.07) is 21.5. The van der Waals surface area contributed by atoms with Gasteiger partial charge in [0.2, 0.25) is 5.78 Å². The zero-order valence-electron chi connectivity index (χ0n) is 18.8. The Bertz CT molecular complexity index is 1660. The quantitative estimate of drug-likeness (QED) is 0.368. The fraction of sp³-hybridized carbons (Fsp3) is 0.154. The van der Waals surface area contributed by atoms with Crippen LogP contribution in [0.1, 0.15) is 21.5 Å². The molecule has 0 radical (unpaired) electrons. The van der Waals surface area contributed by atoms with Gasteiger partial charge in [0, 0.05) is 5.56 Å². The predicted octanol–water partition coefficient (Wildman–Crippen LogP) is 3.06. The highest BCUT2D eigenvalue weighted by Gasteiger charge is 2.19. The summed E-state index contributed by atoms with van der Waals surface area (Å²) in [6.45, 7) is 1.97. The summed E-state index contributed by atoms with van der Waals surface area (Å²) in [5.74, 6) is 0.444. The number of ketones is 1. The van der Waals surface area contributed by atoms with Crippen molar-refractivity contribution in [2.24, 2.45) is 0 Å². The molecule has 5 aromatic rings. The zero-order valence-corrected chi connectivity index (χ0v) is 18.8. The third kappa shape index (κ3) is 3.69. The van der Waals surface area contributed by atoms with Gasteiger partial charge in [0.05, 0.1) is 24.6 Å². The number of fused-ring (bicyclic) bond motifs is 3. The van der Waals surface area contributed by atoms with Gasteiger partial charge in [-0.05, 0) is 36.8 Å². The van der Waals surface area contributed by atoms with Crippen molar-refractivity contribution in [3.05, 3.63) is 110 Å². The maximum atomic E-state index is 13.4. The Morgan fingerprint density at radius 1 is 0.971 bits per heavy atom.